The summed E-state index contributed by atoms with van der Waals surface area (Å²) in [6.07, 6.45) is -0.0592. The molecular formula is C17H19N3O5. The predicted octanol–water partition coefficient (Wildman–Crippen LogP) is 0.790. The molecule has 3 atom stereocenters. The number of anilines is 1. The van der Waals surface area contributed by atoms with Gasteiger partial charge < -0.3 is 19.9 Å². The van der Waals surface area contributed by atoms with E-state index >= 15 is 0 Å². The van der Waals surface area contributed by atoms with Crippen LogP contribution in [0.15, 0.2) is 47.4 Å². The van der Waals surface area contributed by atoms with Gasteiger partial charge in [0.05, 0.1) is 12.7 Å². The number of nitrogens with zero attached hydrogens (tertiary/aromatic N) is 2. The second kappa shape index (κ2) is 7.56. The third-order valence-electron chi connectivity index (χ3n) is 3.95. The van der Waals surface area contributed by atoms with Crippen LogP contribution in [0.5, 0.6) is 0 Å². The largest absolute Gasteiger partial charge is 0.390 e. The Morgan fingerprint density at radius 1 is 1.40 bits per heavy atom. The molecule has 1 unspecified atom stereocenters. The summed E-state index contributed by atoms with van der Waals surface area (Å²) in [5.41, 5.74) is -0.0979. The number of nitrogens with one attached hydrogen (secondary N) is 1. The van der Waals surface area contributed by atoms with E-state index in [2.05, 4.69) is 10.3 Å². The van der Waals surface area contributed by atoms with Crippen LogP contribution in [-0.4, -0.2) is 46.5 Å². The first-order valence-electron chi connectivity index (χ1n) is 7.86. The van der Waals surface area contributed by atoms with Crippen molar-refractivity contribution in [3.8, 4) is 0 Å². The Bertz CT molecular complexity index is 792. The van der Waals surface area contributed by atoms with Gasteiger partial charge in [-0.25, -0.2) is 4.79 Å². The summed E-state index contributed by atoms with van der Waals surface area (Å²) in [5, 5.41) is 12.5. The van der Waals surface area contributed by atoms with E-state index in [4.69, 9.17) is 9.47 Å². The molecule has 1 aromatic carbocycles. The molecule has 25 heavy (non-hydrogen) atoms. The van der Waals surface area contributed by atoms with Crippen molar-refractivity contribution < 1.29 is 19.4 Å². The standard InChI is InChI=1S/C17H19N3O5/c1-24-10-13-12(21)9-15(25-13)20-8-7-14(19-17(20)23)18-16(22)11-5-3-2-4-6-11/h2-8,12-13,15,21H,9-10H2,1H3,(H,18,19,22,23)/t12?,13-,15-/m1/s1. The van der Waals surface area contributed by atoms with E-state index in [1.54, 1.807) is 24.3 Å². The normalized spacial score (nSPS) is 22.7. The number of carbonyl (C=O) groups excluding carboxylic acids is 1. The van der Waals surface area contributed by atoms with Crippen LogP contribution >= 0.6 is 0 Å². The zero-order chi connectivity index (χ0) is 17.8. The first kappa shape index (κ1) is 17.3. The lowest BCUT2D eigenvalue weighted by Crippen LogP contribution is -2.29. The highest BCUT2D eigenvalue weighted by Crippen LogP contribution is 2.27. The number of rotatable bonds is 5. The fourth-order valence-corrected chi connectivity index (χ4v) is 2.68. The monoisotopic (exact) mass is 345 g/mol. The molecule has 1 aliphatic rings. The average Bonchev–Trinajstić information content (AvgIpc) is 2.96. The van der Waals surface area contributed by atoms with Crippen LogP contribution in [0, 0.1) is 0 Å². The number of aromatic nitrogens is 2. The lowest BCUT2D eigenvalue weighted by molar-refractivity contribution is -0.0546. The molecule has 2 N–H and O–H groups in total. The molecule has 0 aliphatic carbocycles. The van der Waals surface area contributed by atoms with Crippen LogP contribution < -0.4 is 11.0 Å². The van der Waals surface area contributed by atoms with Gasteiger partial charge in [-0.2, -0.15) is 4.98 Å². The number of hydrogen-bond acceptors (Lipinski definition) is 6. The topological polar surface area (TPSA) is 103 Å². The fraction of sp³-hybridized carbons (Fsp3) is 0.353. The maximum Gasteiger partial charge on any atom is 0.351 e. The van der Waals surface area contributed by atoms with E-state index in [1.807, 2.05) is 6.07 Å². The van der Waals surface area contributed by atoms with Crippen molar-refractivity contribution in [3.63, 3.8) is 0 Å². The molecule has 0 spiro atoms. The number of benzene rings is 1. The van der Waals surface area contributed by atoms with Crippen molar-refractivity contribution in [1.82, 2.24) is 9.55 Å². The van der Waals surface area contributed by atoms with E-state index in [1.165, 1.54) is 23.9 Å². The Morgan fingerprint density at radius 2 is 2.16 bits per heavy atom. The highest BCUT2D eigenvalue weighted by atomic mass is 16.6. The summed E-state index contributed by atoms with van der Waals surface area (Å²) in [7, 11) is 1.52. The molecule has 0 radical (unpaired) electrons. The molecule has 0 bridgehead atoms. The van der Waals surface area contributed by atoms with Gasteiger partial charge in [0.2, 0.25) is 0 Å². The molecule has 1 saturated heterocycles. The number of hydrogen-bond donors (Lipinski definition) is 2. The predicted molar refractivity (Wildman–Crippen MR) is 89.3 cm³/mol. The maximum atomic E-state index is 12.2. The molecular weight excluding hydrogens is 326 g/mol. The molecule has 1 aromatic heterocycles. The number of carbonyl (C=O) groups is 1. The molecule has 2 heterocycles. The molecule has 1 aliphatic heterocycles. The minimum Gasteiger partial charge on any atom is -0.390 e. The minimum atomic E-state index is -0.714. The molecule has 3 rings (SSSR count). The quantitative estimate of drug-likeness (QED) is 0.831. The van der Waals surface area contributed by atoms with Gasteiger partial charge in [0.1, 0.15) is 18.1 Å². The lowest BCUT2D eigenvalue weighted by Gasteiger charge is -2.15. The Hall–Kier alpha value is -2.55. The van der Waals surface area contributed by atoms with Crippen LogP contribution in [0.2, 0.25) is 0 Å². The zero-order valence-electron chi connectivity index (χ0n) is 13.7. The first-order valence-corrected chi connectivity index (χ1v) is 7.86. The molecule has 2 aromatic rings. The van der Waals surface area contributed by atoms with Crippen molar-refractivity contribution in [1.29, 1.82) is 0 Å². The molecule has 132 valence electrons. The highest BCUT2D eigenvalue weighted by molar-refractivity contribution is 6.03. The molecule has 1 fully saturated rings. The Kier molecular flexibility index (Phi) is 5.22. The summed E-state index contributed by atoms with van der Waals surface area (Å²) < 4.78 is 11.9. The molecule has 8 heteroatoms. The van der Waals surface area contributed by atoms with E-state index in [9.17, 15) is 14.7 Å². The smallest absolute Gasteiger partial charge is 0.351 e. The van der Waals surface area contributed by atoms with Crippen LogP contribution in [0.25, 0.3) is 0 Å². The first-order chi connectivity index (χ1) is 12.1. The molecule has 1 amide bonds. The molecule has 8 nitrogen and oxygen atoms in total. The van der Waals surface area contributed by atoms with Gasteiger partial charge >= 0.3 is 5.69 Å². The van der Waals surface area contributed by atoms with Gasteiger partial charge in [0, 0.05) is 25.3 Å². The minimum absolute atomic E-state index is 0.155. The van der Waals surface area contributed by atoms with Gasteiger partial charge in [-0.1, -0.05) is 18.2 Å². The van der Waals surface area contributed by atoms with Crippen molar-refractivity contribution in [2.24, 2.45) is 0 Å². The van der Waals surface area contributed by atoms with E-state index < -0.39 is 24.1 Å². The van der Waals surface area contributed by atoms with E-state index in [0.29, 0.717) is 5.56 Å². The van der Waals surface area contributed by atoms with Crippen LogP contribution in [0.3, 0.4) is 0 Å². The van der Waals surface area contributed by atoms with Crippen molar-refractivity contribution in [2.45, 2.75) is 24.9 Å². The second-order valence-corrected chi connectivity index (χ2v) is 5.71. The summed E-state index contributed by atoms with van der Waals surface area (Å²) in [5.74, 6) is -0.194. The number of aliphatic hydroxyl groups is 1. The van der Waals surface area contributed by atoms with Crippen molar-refractivity contribution in [2.75, 3.05) is 19.0 Å². The van der Waals surface area contributed by atoms with Crippen LogP contribution in [0.1, 0.15) is 23.0 Å². The maximum absolute atomic E-state index is 12.2. The second-order valence-electron chi connectivity index (χ2n) is 5.71. The number of aliphatic hydroxyl groups excluding tert-OH is 1. The summed E-state index contributed by atoms with van der Waals surface area (Å²) in [4.78, 5) is 28.2. The SMILES string of the molecule is COC[C@H]1O[C@@H](n2ccc(NC(=O)c3ccccc3)nc2=O)CC1O. The number of amides is 1. The van der Waals surface area contributed by atoms with Crippen molar-refractivity contribution in [3.05, 3.63) is 58.6 Å². The van der Waals surface area contributed by atoms with Gasteiger partial charge in [-0.15, -0.1) is 0 Å². The molecule has 0 saturated carbocycles. The third kappa shape index (κ3) is 3.93. The summed E-state index contributed by atoms with van der Waals surface area (Å²) >= 11 is 0. The van der Waals surface area contributed by atoms with Gasteiger partial charge in [0.15, 0.2) is 0 Å². The summed E-state index contributed by atoms with van der Waals surface area (Å²) in [6.45, 7) is 0.241. The fourth-order valence-electron chi connectivity index (χ4n) is 2.68. The Morgan fingerprint density at radius 3 is 2.84 bits per heavy atom. The zero-order valence-corrected chi connectivity index (χ0v) is 13.7. The number of ether oxygens (including phenoxy) is 2. The Balaban J connectivity index is 1.71. The third-order valence-corrected chi connectivity index (χ3v) is 3.95. The van der Waals surface area contributed by atoms with Crippen LogP contribution in [-0.2, 0) is 9.47 Å². The summed E-state index contributed by atoms with van der Waals surface area (Å²) in [6, 6.07) is 10.2. The van der Waals surface area contributed by atoms with Crippen LogP contribution in [0.4, 0.5) is 5.82 Å². The van der Waals surface area contributed by atoms with E-state index in [-0.39, 0.29) is 24.8 Å². The lowest BCUT2D eigenvalue weighted by atomic mass is 10.2. The Labute approximate surface area is 144 Å². The number of methoxy groups -OCH3 is 1. The van der Waals surface area contributed by atoms with Crippen molar-refractivity contribution >= 4 is 11.7 Å². The van der Waals surface area contributed by atoms with Gasteiger partial charge in [-0.05, 0) is 18.2 Å². The van der Waals surface area contributed by atoms with E-state index in [0.717, 1.165) is 0 Å². The highest BCUT2D eigenvalue weighted by Gasteiger charge is 2.35. The van der Waals surface area contributed by atoms with Gasteiger partial charge in [0.25, 0.3) is 5.91 Å². The average molecular weight is 345 g/mol. The van der Waals surface area contributed by atoms with Gasteiger partial charge in [-0.3, -0.25) is 9.36 Å².